The maximum absolute atomic E-state index is 13.0. The normalized spacial score (nSPS) is 18.4. The molecule has 32 heavy (non-hydrogen) atoms. The largest absolute Gasteiger partial charge is 0.316 e. The van der Waals surface area contributed by atoms with Crippen LogP contribution < -0.4 is 4.80 Å². The second-order valence-electron chi connectivity index (χ2n) is 8.56. The molecular weight excluding hydrogens is 442 g/mol. The maximum atomic E-state index is 13.0. The predicted molar refractivity (Wildman–Crippen MR) is 128 cm³/mol. The van der Waals surface area contributed by atoms with Crippen LogP contribution in [0.15, 0.2) is 46.3 Å². The molecule has 0 saturated carbocycles. The molecule has 2 aromatic carbocycles. The highest BCUT2D eigenvalue weighted by Gasteiger charge is 2.28. The third-order valence-electron chi connectivity index (χ3n) is 6.10. The number of aromatic nitrogens is 1. The van der Waals surface area contributed by atoms with Gasteiger partial charge in [0.15, 0.2) is 4.80 Å². The van der Waals surface area contributed by atoms with Crippen molar-refractivity contribution in [1.29, 1.82) is 0 Å². The molecule has 1 atom stereocenters. The van der Waals surface area contributed by atoms with Gasteiger partial charge < -0.3 is 4.57 Å². The van der Waals surface area contributed by atoms with Gasteiger partial charge in [0.05, 0.1) is 15.1 Å². The molecule has 1 fully saturated rings. The summed E-state index contributed by atoms with van der Waals surface area (Å²) in [6, 6.07) is 10.3. The van der Waals surface area contributed by atoms with E-state index in [0.717, 1.165) is 34.2 Å². The number of aryl methyl sites for hydroxylation is 3. The molecule has 1 amide bonds. The van der Waals surface area contributed by atoms with Crippen LogP contribution in [0, 0.1) is 19.8 Å². The number of thiazole rings is 1. The molecule has 3 aromatic rings. The molecule has 0 N–H and O–H groups in total. The molecular formula is C24H29N3O3S2. The van der Waals surface area contributed by atoms with Crippen molar-refractivity contribution in [2.45, 2.75) is 52.0 Å². The first kappa shape index (κ1) is 22.9. The molecule has 1 saturated heterocycles. The summed E-state index contributed by atoms with van der Waals surface area (Å²) in [5, 5.41) is 0. The van der Waals surface area contributed by atoms with Gasteiger partial charge in [0.1, 0.15) is 0 Å². The molecule has 1 aromatic heterocycles. The van der Waals surface area contributed by atoms with Crippen molar-refractivity contribution in [3.8, 4) is 0 Å². The van der Waals surface area contributed by atoms with E-state index in [4.69, 9.17) is 0 Å². The number of fused-ring (bicyclic) bond motifs is 1. The number of hydrogen-bond donors (Lipinski definition) is 0. The Labute approximate surface area is 193 Å². The lowest BCUT2D eigenvalue weighted by Crippen LogP contribution is -2.39. The summed E-state index contributed by atoms with van der Waals surface area (Å²) >= 11 is 1.51. The average Bonchev–Trinajstić information content (AvgIpc) is 3.15. The zero-order chi connectivity index (χ0) is 23.0. The summed E-state index contributed by atoms with van der Waals surface area (Å²) in [5.74, 6) is -0.0124. The minimum atomic E-state index is -3.54. The van der Waals surface area contributed by atoms with Crippen LogP contribution in [0.4, 0.5) is 0 Å². The van der Waals surface area contributed by atoms with E-state index in [1.165, 1.54) is 23.5 Å². The average molecular weight is 472 g/mol. The van der Waals surface area contributed by atoms with E-state index in [1.807, 2.05) is 6.92 Å². The van der Waals surface area contributed by atoms with Crippen LogP contribution in [0.3, 0.4) is 0 Å². The van der Waals surface area contributed by atoms with Crippen molar-refractivity contribution in [1.82, 2.24) is 8.87 Å². The second-order valence-corrected chi connectivity index (χ2v) is 11.5. The van der Waals surface area contributed by atoms with Gasteiger partial charge in [-0.1, -0.05) is 30.4 Å². The number of amides is 1. The third-order valence-corrected chi connectivity index (χ3v) is 9.19. The number of carbonyl (C=O) groups excluding carboxylic acids is 1. The molecule has 0 radical (unpaired) electrons. The van der Waals surface area contributed by atoms with Gasteiger partial charge in [-0.2, -0.15) is 9.30 Å². The van der Waals surface area contributed by atoms with E-state index in [0.29, 0.717) is 35.9 Å². The highest BCUT2D eigenvalue weighted by molar-refractivity contribution is 7.89. The number of piperidine rings is 1. The number of rotatable bonds is 4. The van der Waals surface area contributed by atoms with Crippen LogP contribution in [0.25, 0.3) is 10.2 Å². The monoisotopic (exact) mass is 471 g/mol. The van der Waals surface area contributed by atoms with Crippen LogP contribution in [-0.2, 0) is 16.6 Å². The SMILES string of the molecule is CCn1c(=NC(=O)c2ccc(S(=O)(=O)N3CCCC(C)C3)cc2)sc2c(C)ccc(C)c21. The lowest BCUT2D eigenvalue weighted by Gasteiger charge is -2.30. The predicted octanol–water partition coefficient (Wildman–Crippen LogP) is 4.50. The fourth-order valence-corrected chi connectivity index (χ4v) is 7.12. The number of carbonyl (C=O) groups is 1. The second kappa shape index (κ2) is 8.92. The van der Waals surface area contributed by atoms with Gasteiger partial charge in [0.25, 0.3) is 5.91 Å². The van der Waals surface area contributed by atoms with Gasteiger partial charge in [-0.3, -0.25) is 4.79 Å². The van der Waals surface area contributed by atoms with Crippen LogP contribution in [0.1, 0.15) is 48.2 Å². The van der Waals surface area contributed by atoms with Crippen molar-refractivity contribution in [2.75, 3.05) is 13.1 Å². The summed E-state index contributed by atoms with van der Waals surface area (Å²) < 4.78 is 30.7. The molecule has 6 nitrogen and oxygen atoms in total. The van der Waals surface area contributed by atoms with E-state index in [1.54, 1.807) is 16.4 Å². The maximum Gasteiger partial charge on any atom is 0.279 e. The van der Waals surface area contributed by atoms with Crippen molar-refractivity contribution in [3.63, 3.8) is 0 Å². The number of nitrogens with zero attached hydrogens (tertiary/aromatic N) is 3. The Bertz CT molecular complexity index is 1340. The van der Waals surface area contributed by atoms with E-state index < -0.39 is 10.0 Å². The van der Waals surface area contributed by atoms with Gasteiger partial charge in [0.2, 0.25) is 10.0 Å². The van der Waals surface area contributed by atoms with Gasteiger partial charge in [-0.25, -0.2) is 8.42 Å². The first-order chi connectivity index (χ1) is 15.2. The highest BCUT2D eigenvalue weighted by Crippen LogP contribution is 2.26. The molecule has 1 aliphatic heterocycles. The Kier molecular flexibility index (Phi) is 6.38. The number of hydrogen-bond acceptors (Lipinski definition) is 4. The number of benzene rings is 2. The molecule has 1 unspecified atom stereocenters. The summed E-state index contributed by atoms with van der Waals surface area (Å²) in [7, 11) is -3.54. The zero-order valence-electron chi connectivity index (χ0n) is 19.0. The molecule has 4 rings (SSSR count). The lowest BCUT2D eigenvalue weighted by atomic mass is 10.0. The Morgan fingerprint density at radius 3 is 2.47 bits per heavy atom. The Hall–Kier alpha value is -2.29. The molecule has 0 aliphatic carbocycles. The van der Waals surface area contributed by atoms with Crippen LogP contribution in [0.5, 0.6) is 0 Å². The molecule has 170 valence electrons. The Morgan fingerprint density at radius 1 is 1.12 bits per heavy atom. The molecule has 2 heterocycles. The lowest BCUT2D eigenvalue weighted by molar-refractivity contribution is 0.0997. The summed E-state index contributed by atoms with van der Waals surface area (Å²) in [5.41, 5.74) is 3.80. The Balaban J connectivity index is 1.66. The molecule has 0 spiro atoms. The van der Waals surface area contributed by atoms with Crippen LogP contribution in [-0.4, -0.2) is 36.3 Å². The quantitative estimate of drug-likeness (QED) is 0.562. The van der Waals surface area contributed by atoms with Crippen molar-refractivity contribution in [3.05, 3.63) is 57.9 Å². The first-order valence-corrected chi connectivity index (χ1v) is 13.3. The van der Waals surface area contributed by atoms with Crippen molar-refractivity contribution >= 4 is 37.5 Å². The first-order valence-electron chi connectivity index (χ1n) is 11.0. The van der Waals surface area contributed by atoms with E-state index in [9.17, 15) is 13.2 Å². The van der Waals surface area contributed by atoms with Crippen LogP contribution >= 0.6 is 11.3 Å². The Morgan fingerprint density at radius 2 is 1.81 bits per heavy atom. The van der Waals surface area contributed by atoms with E-state index in [-0.39, 0.29) is 10.8 Å². The molecule has 0 bridgehead atoms. The fraction of sp³-hybridized carbons (Fsp3) is 0.417. The van der Waals surface area contributed by atoms with E-state index in [2.05, 4.69) is 42.5 Å². The fourth-order valence-electron chi connectivity index (χ4n) is 4.29. The molecule has 1 aliphatic rings. The zero-order valence-corrected chi connectivity index (χ0v) is 20.6. The minimum Gasteiger partial charge on any atom is -0.316 e. The molecule has 8 heteroatoms. The summed E-state index contributed by atoms with van der Waals surface area (Å²) in [6.07, 6.45) is 1.93. The third kappa shape index (κ3) is 4.19. The van der Waals surface area contributed by atoms with Gasteiger partial charge in [-0.05, 0) is 74.9 Å². The van der Waals surface area contributed by atoms with Gasteiger partial charge in [-0.15, -0.1) is 0 Å². The van der Waals surface area contributed by atoms with Gasteiger partial charge >= 0.3 is 0 Å². The van der Waals surface area contributed by atoms with Crippen molar-refractivity contribution < 1.29 is 13.2 Å². The highest BCUT2D eigenvalue weighted by atomic mass is 32.2. The van der Waals surface area contributed by atoms with Gasteiger partial charge in [0, 0.05) is 25.2 Å². The summed E-state index contributed by atoms with van der Waals surface area (Å²) in [6.45, 7) is 10.0. The van der Waals surface area contributed by atoms with E-state index >= 15 is 0 Å². The van der Waals surface area contributed by atoms with Crippen molar-refractivity contribution in [2.24, 2.45) is 10.9 Å². The minimum absolute atomic E-state index is 0.222. The standard InChI is InChI=1S/C24H29N3O3S2/c1-5-27-21-17(3)8-9-18(4)22(21)31-24(27)25-23(28)19-10-12-20(13-11-19)32(29,30)26-14-6-7-16(2)15-26/h8-13,16H,5-7,14-15H2,1-4H3. The topological polar surface area (TPSA) is 71.7 Å². The summed E-state index contributed by atoms with van der Waals surface area (Å²) in [4.78, 5) is 18.2. The smallest absolute Gasteiger partial charge is 0.279 e. The number of sulfonamides is 1. The van der Waals surface area contributed by atoms with Crippen LogP contribution in [0.2, 0.25) is 0 Å².